The van der Waals surface area contributed by atoms with Gasteiger partial charge in [-0.2, -0.15) is 0 Å². The molecule has 0 aliphatic carbocycles. The van der Waals surface area contributed by atoms with Gasteiger partial charge in [0.25, 0.3) is 0 Å². The van der Waals surface area contributed by atoms with Crippen LogP contribution >= 0.6 is 23.2 Å². The third-order valence-electron chi connectivity index (χ3n) is 2.07. The average Bonchev–Trinajstić information content (AvgIpc) is 2.16. The zero-order valence-corrected chi connectivity index (χ0v) is 10.1. The second-order valence-corrected chi connectivity index (χ2v) is 4.15. The molecule has 1 aromatic rings. The Balaban J connectivity index is 2.71. The Labute approximate surface area is 101 Å². The first-order chi connectivity index (χ1) is 7.13. The lowest BCUT2D eigenvalue weighted by Crippen LogP contribution is -2.09. The van der Waals surface area contributed by atoms with Crippen LogP contribution in [0.2, 0.25) is 10.0 Å². The summed E-state index contributed by atoms with van der Waals surface area (Å²) in [5.74, 6) is 5.82. The molecule has 0 saturated carbocycles. The second-order valence-electron chi connectivity index (χ2n) is 3.27. The Morgan fingerprint density at radius 3 is 2.40 bits per heavy atom. The van der Waals surface area contributed by atoms with Crippen LogP contribution in [-0.2, 0) is 0 Å². The quantitative estimate of drug-likeness (QED) is 0.801. The molecule has 0 saturated heterocycles. The molecule has 1 atom stereocenters. The zero-order chi connectivity index (χ0) is 11.3. The van der Waals surface area contributed by atoms with Crippen molar-refractivity contribution in [1.82, 2.24) is 0 Å². The van der Waals surface area contributed by atoms with Crippen molar-refractivity contribution in [3.05, 3.63) is 33.8 Å². The predicted octanol–water partition coefficient (Wildman–Crippen LogP) is 3.80. The molecule has 2 N–H and O–H groups in total. The van der Waals surface area contributed by atoms with Gasteiger partial charge in [0.1, 0.15) is 0 Å². The molecule has 1 unspecified atom stereocenters. The van der Waals surface area contributed by atoms with Crippen LogP contribution < -0.4 is 5.73 Å². The first-order valence-corrected chi connectivity index (χ1v) is 5.50. The number of benzene rings is 1. The normalized spacial score (nSPS) is 11.7. The van der Waals surface area contributed by atoms with E-state index in [1.165, 1.54) is 0 Å². The summed E-state index contributed by atoms with van der Waals surface area (Å²) in [6.07, 6.45) is 1.61. The molecule has 0 heterocycles. The van der Waals surface area contributed by atoms with Gasteiger partial charge < -0.3 is 5.73 Å². The lowest BCUT2D eigenvalue weighted by molar-refractivity contribution is 0.668. The molecule has 1 aromatic carbocycles. The Hall–Kier alpha value is -0.680. The monoisotopic (exact) mass is 241 g/mol. The number of hydrogen-bond acceptors (Lipinski definition) is 1. The van der Waals surface area contributed by atoms with Crippen molar-refractivity contribution in [2.45, 2.75) is 25.8 Å². The van der Waals surface area contributed by atoms with Crippen LogP contribution in [0.3, 0.4) is 0 Å². The van der Waals surface area contributed by atoms with E-state index < -0.39 is 0 Å². The lowest BCUT2D eigenvalue weighted by Gasteiger charge is -2.11. The standard InChI is InChI=1S/C12H13Cl2N/c1-2-3-4-5-12(15)9-6-10(13)8-11(14)7-9/h6-8,12H,4-5,15H2,1H3. The maximum Gasteiger partial charge on any atom is 0.0424 e. The first kappa shape index (κ1) is 12.4. The maximum atomic E-state index is 5.99. The molecule has 1 nitrogen and oxygen atoms in total. The lowest BCUT2D eigenvalue weighted by atomic mass is 10.0. The van der Waals surface area contributed by atoms with E-state index in [0.717, 1.165) is 18.4 Å². The van der Waals surface area contributed by atoms with Crippen LogP contribution in [0.25, 0.3) is 0 Å². The summed E-state index contributed by atoms with van der Waals surface area (Å²) in [5, 5.41) is 1.24. The van der Waals surface area contributed by atoms with Gasteiger partial charge in [-0.1, -0.05) is 23.2 Å². The van der Waals surface area contributed by atoms with Crippen molar-refractivity contribution in [3.63, 3.8) is 0 Å². The molecule has 80 valence electrons. The predicted molar refractivity (Wildman–Crippen MR) is 66.1 cm³/mol. The van der Waals surface area contributed by atoms with Crippen LogP contribution in [0, 0.1) is 11.8 Å². The Bertz CT molecular complexity index is 370. The summed E-state index contributed by atoms with van der Waals surface area (Å²) >= 11 is 11.8. The van der Waals surface area contributed by atoms with Gasteiger partial charge in [-0.3, -0.25) is 0 Å². The summed E-state index contributed by atoms with van der Waals surface area (Å²) in [7, 11) is 0. The average molecular weight is 242 g/mol. The molecule has 0 amide bonds. The molecule has 0 aliphatic rings. The molecule has 0 aromatic heterocycles. The first-order valence-electron chi connectivity index (χ1n) is 4.74. The third kappa shape index (κ3) is 4.13. The van der Waals surface area contributed by atoms with Crippen LogP contribution in [0.15, 0.2) is 18.2 Å². The SMILES string of the molecule is CC#CCCC(N)c1cc(Cl)cc(Cl)c1. The molecule has 0 fully saturated rings. The van der Waals surface area contributed by atoms with Gasteiger partial charge in [0.05, 0.1) is 0 Å². The van der Waals surface area contributed by atoms with E-state index in [4.69, 9.17) is 28.9 Å². The topological polar surface area (TPSA) is 26.0 Å². The van der Waals surface area contributed by atoms with Crippen LogP contribution in [0.5, 0.6) is 0 Å². The van der Waals surface area contributed by atoms with Crippen molar-refractivity contribution >= 4 is 23.2 Å². The van der Waals surface area contributed by atoms with E-state index in [0.29, 0.717) is 10.0 Å². The van der Waals surface area contributed by atoms with Crippen molar-refractivity contribution in [2.75, 3.05) is 0 Å². The number of rotatable bonds is 3. The van der Waals surface area contributed by atoms with Gasteiger partial charge in [0.15, 0.2) is 0 Å². The fraction of sp³-hybridized carbons (Fsp3) is 0.333. The van der Waals surface area contributed by atoms with E-state index in [2.05, 4.69) is 11.8 Å². The van der Waals surface area contributed by atoms with Gasteiger partial charge in [0, 0.05) is 22.5 Å². The van der Waals surface area contributed by atoms with Gasteiger partial charge >= 0.3 is 0 Å². The van der Waals surface area contributed by atoms with Crippen molar-refractivity contribution in [1.29, 1.82) is 0 Å². The number of halogens is 2. The highest BCUT2D eigenvalue weighted by Gasteiger charge is 2.06. The smallest absolute Gasteiger partial charge is 0.0424 e. The van der Waals surface area contributed by atoms with Crippen molar-refractivity contribution in [3.8, 4) is 11.8 Å². The summed E-state index contributed by atoms with van der Waals surface area (Å²) in [5.41, 5.74) is 6.95. The fourth-order valence-electron chi connectivity index (χ4n) is 1.31. The highest BCUT2D eigenvalue weighted by Crippen LogP contribution is 2.24. The zero-order valence-electron chi connectivity index (χ0n) is 8.56. The summed E-state index contributed by atoms with van der Waals surface area (Å²) in [6, 6.07) is 5.34. The van der Waals surface area contributed by atoms with Gasteiger partial charge in [-0.25, -0.2) is 0 Å². The van der Waals surface area contributed by atoms with E-state index in [-0.39, 0.29) is 6.04 Å². The molecule has 0 bridgehead atoms. The minimum absolute atomic E-state index is 0.0537. The van der Waals surface area contributed by atoms with Gasteiger partial charge in [0.2, 0.25) is 0 Å². The molecule has 0 spiro atoms. The second kappa shape index (κ2) is 6.02. The maximum absolute atomic E-state index is 5.99. The van der Waals surface area contributed by atoms with Gasteiger partial charge in [-0.05, 0) is 37.1 Å². The molecule has 15 heavy (non-hydrogen) atoms. The molecule has 3 heteroatoms. The van der Waals surface area contributed by atoms with E-state index in [9.17, 15) is 0 Å². The molecular weight excluding hydrogens is 229 g/mol. The number of hydrogen-bond donors (Lipinski definition) is 1. The summed E-state index contributed by atoms with van der Waals surface area (Å²) in [4.78, 5) is 0. The molecule has 0 radical (unpaired) electrons. The minimum atomic E-state index is -0.0537. The Kier molecular flexibility index (Phi) is 4.98. The highest BCUT2D eigenvalue weighted by molar-refractivity contribution is 6.34. The molecule has 1 rings (SSSR count). The van der Waals surface area contributed by atoms with Crippen molar-refractivity contribution < 1.29 is 0 Å². The van der Waals surface area contributed by atoms with Crippen LogP contribution in [0.1, 0.15) is 31.4 Å². The summed E-state index contributed by atoms with van der Waals surface area (Å²) < 4.78 is 0. The minimum Gasteiger partial charge on any atom is -0.324 e. The van der Waals surface area contributed by atoms with E-state index >= 15 is 0 Å². The van der Waals surface area contributed by atoms with Crippen LogP contribution in [-0.4, -0.2) is 0 Å². The largest absolute Gasteiger partial charge is 0.324 e. The molecule has 0 aliphatic heterocycles. The number of nitrogens with two attached hydrogens (primary N) is 1. The summed E-state index contributed by atoms with van der Waals surface area (Å²) in [6.45, 7) is 1.82. The molecular formula is C12H13Cl2N. The fourth-order valence-corrected chi connectivity index (χ4v) is 1.85. The Morgan fingerprint density at radius 2 is 1.87 bits per heavy atom. The third-order valence-corrected chi connectivity index (χ3v) is 2.51. The van der Waals surface area contributed by atoms with E-state index in [1.54, 1.807) is 6.07 Å². The van der Waals surface area contributed by atoms with Gasteiger partial charge in [-0.15, -0.1) is 11.8 Å². The van der Waals surface area contributed by atoms with Crippen molar-refractivity contribution in [2.24, 2.45) is 5.73 Å². The van der Waals surface area contributed by atoms with E-state index in [1.807, 2.05) is 19.1 Å². The van der Waals surface area contributed by atoms with Crippen LogP contribution in [0.4, 0.5) is 0 Å². The Morgan fingerprint density at radius 1 is 1.27 bits per heavy atom. The highest BCUT2D eigenvalue weighted by atomic mass is 35.5.